The van der Waals surface area contributed by atoms with E-state index in [-0.39, 0.29) is 5.78 Å². The first-order chi connectivity index (χ1) is 13.7. The number of ketones is 1. The van der Waals surface area contributed by atoms with Crippen LogP contribution in [-0.2, 0) is 0 Å². The molecule has 6 heteroatoms. The number of ether oxygens (including phenoxy) is 2. The normalized spacial score (nSPS) is 11.2. The van der Waals surface area contributed by atoms with E-state index in [1.807, 2.05) is 46.3 Å². The third kappa shape index (κ3) is 3.30. The van der Waals surface area contributed by atoms with Crippen molar-refractivity contribution >= 4 is 28.2 Å². The van der Waals surface area contributed by atoms with Crippen LogP contribution in [-0.4, -0.2) is 29.4 Å². The molecule has 2 aromatic carbocycles. The molecule has 0 spiro atoms. The molecule has 140 valence electrons. The van der Waals surface area contributed by atoms with Crippen LogP contribution in [0.15, 0.2) is 66.2 Å². The van der Waals surface area contributed by atoms with Gasteiger partial charge < -0.3 is 9.47 Å². The molecule has 0 unspecified atom stereocenters. The number of rotatable bonds is 6. The van der Waals surface area contributed by atoms with E-state index < -0.39 is 0 Å². The number of aromatic nitrogens is 2. The largest absolute Gasteiger partial charge is 0.497 e. The monoisotopic (exact) mass is 390 g/mol. The van der Waals surface area contributed by atoms with E-state index >= 15 is 0 Å². The number of fused-ring (bicyclic) bond motifs is 1. The predicted octanol–water partition coefficient (Wildman–Crippen LogP) is 4.98. The first-order valence-corrected chi connectivity index (χ1v) is 9.54. The minimum absolute atomic E-state index is 0.167. The molecule has 0 aliphatic rings. The van der Waals surface area contributed by atoms with Crippen LogP contribution < -0.4 is 9.47 Å². The lowest BCUT2D eigenvalue weighted by Gasteiger charge is -2.08. The molecule has 28 heavy (non-hydrogen) atoms. The van der Waals surface area contributed by atoms with E-state index in [2.05, 4.69) is 0 Å². The Hall–Kier alpha value is -3.38. The number of hydrogen-bond donors (Lipinski definition) is 0. The minimum atomic E-state index is -0.167. The first kappa shape index (κ1) is 18.0. The Bertz CT molecular complexity index is 1160. The molecule has 0 amide bonds. The Morgan fingerprint density at radius 2 is 1.93 bits per heavy atom. The van der Waals surface area contributed by atoms with E-state index in [0.717, 1.165) is 21.9 Å². The summed E-state index contributed by atoms with van der Waals surface area (Å²) in [6.45, 7) is 0. The average Bonchev–Trinajstić information content (AvgIpc) is 3.33. The predicted molar refractivity (Wildman–Crippen MR) is 111 cm³/mol. The number of methoxy groups -OCH3 is 2. The van der Waals surface area contributed by atoms with Crippen molar-refractivity contribution in [1.82, 2.24) is 9.38 Å². The van der Waals surface area contributed by atoms with Gasteiger partial charge in [0.1, 0.15) is 11.5 Å². The van der Waals surface area contributed by atoms with Gasteiger partial charge in [-0.3, -0.25) is 9.20 Å². The molecule has 0 saturated carbocycles. The Labute approximate surface area is 166 Å². The molecule has 4 rings (SSSR count). The second-order valence-electron chi connectivity index (χ2n) is 6.03. The van der Waals surface area contributed by atoms with Crippen LogP contribution in [0.2, 0.25) is 0 Å². The number of benzene rings is 2. The van der Waals surface area contributed by atoms with Crippen molar-refractivity contribution in [1.29, 1.82) is 0 Å². The van der Waals surface area contributed by atoms with Gasteiger partial charge >= 0.3 is 0 Å². The van der Waals surface area contributed by atoms with E-state index in [1.54, 1.807) is 55.9 Å². The number of hydrogen-bond acceptors (Lipinski definition) is 5. The molecule has 0 aliphatic carbocycles. The molecule has 0 fully saturated rings. The second-order valence-corrected chi connectivity index (χ2v) is 6.90. The summed E-state index contributed by atoms with van der Waals surface area (Å²) in [5, 5.41) is 1.97. The van der Waals surface area contributed by atoms with Crippen LogP contribution in [0, 0.1) is 0 Å². The summed E-state index contributed by atoms with van der Waals surface area (Å²) in [7, 11) is 3.11. The highest BCUT2D eigenvalue weighted by atomic mass is 32.1. The van der Waals surface area contributed by atoms with Gasteiger partial charge in [-0.2, -0.15) is 0 Å². The number of imidazole rings is 1. The molecular weight excluding hydrogens is 372 g/mol. The van der Waals surface area contributed by atoms with Gasteiger partial charge in [0.25, 0.3) is 0 Å². The van der Waals surface area contributed by atoms with Gasteiger partial charge in [-0.25, -0.2) is 4.98 Å². The van der Waals surface area contributed by atoms with Gasteiger partial charge in [0.05, 0.1) is 31.2 Å². The Morgan fingerprint density at radius 3 is 2.68 bits per heavy atom. The molecule has 0 atom stereocenters. The van der Waals surface area contributed by atoms with Crippen molar-refractivity contribution in [2.45, 2.75) is 0 Å². The zero-order valence-corrected chi connectivity index (χ0v) is 16.3. The van der Waals surface area contributed by atoms with Crippen LogP contribution in [0.4, 0.5) is 0 Å². The molecule has 0 radical (unpaired) electrons. The summed E-state index contributed by atoms with van der Waals surface area (Å²) < 4.78 is 12.5. The topological polar surface area (TPSA) is 52.8 Å². The zero-order valence-electron chi connectivity index (χ0n) is 15.5. The van der Waals surface area contributed by atoms with Crippen LogP contribution in [0.5, 0.6) is 11.5 Å². The lowest BCUT2D eigenvalue weighted by Crippen LogP contribution is -2.00. The van der Waals surface area contributed by atoms with Crippen molar-refractivity contribution < 1.29 is 14.3 Å². The fraction of sp³-hybridized carbons (Fsp3) is 0.0909. The smallest absolute Gasteiger partial charge is 0.194 e. The Balaban J connectivity index is 1.75. The summed E-state index contributed by atoms with van der Waals surface area (Å²) in [6.07, 6.45) is 5.30. The van der Waals surface area contributed by atoms with Crippen molar-refractivity contribution in [3.8, 4) is 22.8 Å². The lowest BCUT2D eigenvalue weighted by atomic mass is 10.1. The summed E-state index contributed by atoms with van der Waals surface area (Å²) in [6, 6.07) is 15.1. The third-order valence-electron chi connectivity index (χ3n) is 4.41. The summed E-state index contributed by atoms with van der Waals surface area (Å²) in [5.74, 6) is 0.944. The van der Waals surface area contributed by atoms with E-state index in [0.29, 0.717) is 17.1 Å². The maximum absolute atomic E-state index is 12.9. The first-order valence-electron chi connectivity index (χ1n) is 8.66. The number of carbonyl (C=O) groups excluding carboxylic acids is 1. The maximum Gasteiger partial charge on any atom is 0.194 e. The van der Waals surface area contributed by atoms with Crippen molar-refractivity contribution in [3.05, 3.63) is 77.4 Å². The second kappa shape index (κ2) is 7.70. The molecule has 2 aromatic heterocycles. The van der Waals surface area contributed by atoms with Crippen molar-refractivity contribution in [3.63, 3.8) is 0 Å². The van der Waals surface area contributed by atoms with Gasteiger partial charge in [-0.15, -0.1) is 11.3 Å². The average molecular weight is 390 g/mol. The zero-order chi connectivity index (χ0) is 19.5. The number of allylic oxidation sites excluding steroid dienone is 1. The summed E-state index contributed by atoms with van der Waals surface area (Å²) in [5.41, 5.74) is 3.15. The van der Waals surface area contributed by atoms with Gasteiger partial charge in [-0.1, -0.05) is 30.3 Å². The van der Waals surface area contributed by atoms with Crippen molar-refractivity contribution in [2.75, 3.05) is 14.2 Å². The number of thiazole rings is 1. The molecule has 0 aliphatic heterocycles. The third-order valence-corrected chi connectivity index (χ3v) is 5.17. The molecule has 0 N–H and O–H groups in total. The van der Waals surface area contributed by atoms with Gasteiger partial charge in [0.2, 0.25) is 0 Å². The minimum Gasteiger partial charge on any atom is -0.497 e. The van der Waals surface area contributed by atoms with Crippen LogP contribution in [0.1, 0.15) is 16.1 Å². The standard InChI is InChI=1S/C22H18N2O3S/c1-26-16-8-11-20(27-2)17(14-16)19(25)10-9-18-21(15-6-4-3-5-7-15)23-22-24(18)12-13-28-22/h3-14H,1-2H3/b10-9+. The highest BCUT2D eigenvalue weighted by molar-refractivity contribution is 7.15. The maximum atomic E-state index is 12.9. The highest BCUT2D eigenvalue weighted by Gasteiger charge is 2.15. The molecule has 0 saturated heterocycles. The van der Waals surface area contributed by atoms with Crippen LogP contribution in [0.3, 0.4) is 0 Å². The summed E-state index contributed by atoms with van der Waals surface area (Å²) in [4.78, 5) is 18.5. The Morgan fingerprint density at radius 1 is 1.11 bits per heavy atom. The van der Waals surface area contributed by atoms with E-state index in [4.69, 9.17) is 14.5 Å². The van der Waals surface area contributed by atoms with E-state index in [1.165, 1.54) is 0 Å². The van der Waals surface area contributed by atoms with Crippen LogP contribution >= 0.6 is 11.3 Å². The highest BCUT2D eigenvalue weighted by Crippen LogP contribution is 2.29. The Kier molecular flexibility index (Phi) is 4.95. The van der Waals surface area contributed by atoms with Gasteiger partial charge in [0, 0.05) is 17.1 Å². The van der Waals surface area contributed by atoms with E-state index in [9.17, 15) is 4.79 Å². The fourth-order valence-electron chi connectivity index (χ4n) is 3.02. The summed E-state index contributed by atoms with van der Waals surface area (Å²) >= 11 is 1.56. The molecular formula is C22H18N2O3S. The van der Waals surface area contributed by atoms with Gasteiger partial charge in [-0.05, 0) is 30.4 Å². The van der Waals surface area contributed by atoms with Crippen molar-refractivity contribution in [2.24, 2.45) is 0 Å². The van der Waals surface area contributed by atoms with Gasteiger partial charge in [0.15, 0.2) is 10.7 Å². The molecule has 5 nitrogen and oxygen atoms in total. The molecule has 4 aromatic rings. The lowest BCUT2D eigenvalue weighted by molar-refractivity contribution is 0.104. The number of nitrogens with zero attached hydrogens (tertiary/aromatic N) is 2. The fourth-order valence-corrected chi connectivity index (χ4v) is 3.74. The SMILES string of the molecule is COc1ccc(OC)c(C(=O)/C=C/c2c(-c3ccccc3)nc3sccn23)c1. The number of carbonyl (C=O) groups is 1. The molecule has 2 heterocycles. The quantitative estimate of drug-likeness (QED) is 0.344. The molecule has 0 bridgehead atoms. The van der Waals surface area contributed by atoms with Crippen LogP contribution in [0.25, 0.3) is 22.3 Å².